The molecule has 1 unspecified atom stereocenters. The number of nitrogens with two attached hydrogens (primary N) is 1. The van der Waals surface area contributed by atoms with Gasteiger partial charge in [-0.1, -0.05) is 6.07 Å². The predicted octanol–water partition coefficient (Wildman–Crippen LogP) is 2.43. The summed E-state index contributed by atoms with van der Waals surface area (Å²) in [4.78, 5) is 3.90. The number of hydrogen-bond donors (Lipinski definition) is 2. The molecule has 1 atom stereocenters. The fourth-order valence-electron chi connectivity index (χ4n) is 2.07. The zero-order valence-electron chi connectivity index (χ0n) is 9.65. The van der Waals surface area contributed by atoms with Crippen molar-refractivity contribution in [1.82, 2.24) is 4.90 Å². The lowest BCUT2D eigenvalue weighted by molar-refractivity contribution is 0.195. The number of nitrogens with zero attached hydrogens (tertiary/aromatic N) is 1. The maximum atomic E-state index is 7.38. The van der Waals surface area contributed by atoms with E-state index in [0.717, 1.165) is 12.6 Å². The summed E-state index contributed by atoms with van der Waals surface area (Å²) in [6.45, 7) is 3.18. The number of thiophene rings is 1. The molecule has 1 aliphatic rings. The third-order valence-electron chi connectivity index (χ3n) is 3.02. The Kier molecular flexibility index (Phi) is 3.61. The Bertz CT molecular complexity index is 343. The first-order valence-electron chi connectivity index (χ1n) is 5.78. The van der Waals surface area contributed by atoms with Gasteiger partial charge in [0.2, 0.25) is 0 Å². The van der Waals surface area contributed by atoms with Crippen LogP contribution in [0.2, 0.25) is 0 Å². The number of rotatable bonds is 6. The highest BCUT2D eigenvalue weighted by molar-refractivity contribution is 7.09. The van der Waals surface area contributed by atoms with Gasteiger partial charge in [-0.05, 0) is 31.2 Å². The summed E-state index contributed by atoms with van der Waals surface area (Å²) in [5.41, 5.74) is 5.48. The van der Waals surface area contributed by atoms with E-state index >= 15 is 0 Å². The van der Waals surface area contributed by atoms with Crippen molar-refractivity contribution in [2.45, 2.75) is 44.8 Å². The zero-order valence-corrected chi connectivity index (χ0v) is 10.5. The van der Waals surface area contributed by atoms with Crippen LogP contribution in [-0.4, -0.2) is 22.8 Å². The molecule has 0 saturated heterocycles. The Morgan fingerprint density at radius 1 is 1.69 bits per heavy atom. The average Bonchev–Trinajstić information content (AvgIpc) is 2.91. The van der Waals surface area contributed by atoms with Crippen molar-refractivity contribution in [3.8, 4) is 0 Å². The van der Waals surface area contributed by atoms with Crippen LogP contribution in [-0.2, 0) is 6.54 Å². The first-order chi connectivity index (χ1) is 7.66. The van der Waals surface area contributed by atoms with Crippen LogP contribution in [0.15, 0.2) is 17.5 Å². The molecule has 88 valence electrons. The molecule has 1 saturated carbocycles. The smallest absolute Gasteiger partial charge is 0.0920 e. The number of amidine groups is 1. The van der Waals surface area contributed by atoms with Gasteiger partial charge in [-0.2, -0.15) is 0 Å². The zero-order chi connectivity index (χ0) is 11.5. The van der Waals surface area contributed by atoms with E-state index in [-0.39, 0.29) is 0 Å². The summed E-state index contributed by atoms with van der Waals surface area (Å²) in [6.07, 6.45) is 3.28. The van der Waals surface area contributed by atoms with Crippen LogP contribution in [0, 0.1) is 5.41 Å². The normalized spacial score (nSPS) is 17.6. The van der Waals surface area contributed by atoms with Crippen LogP contribution in [0.4, 0.5) is 0 Å². The minimum atomic E-state index is 0.296. The van der Waals surface area contributed by atoms with E-state index in [1.807, 2.05) is 0 Å². The van der Waals surface area contributed by atoms with Gasteiger partial charge in [0.1, 0.15) is 0 Å². The summed E-state index contributed by atoms with van der Waals surface area (Å²) in [5, 5.41) is 9.50. The van der Waals surface area contributed by atoms with Crippen molar-refractivity contribution in [1.29, 1.82) is 5.41 Å². The Morgan fingerprint density at radius 2 is 2.44 bits per heavy atom. The van der Waals surface area contributed by atoms with Gasteiger partial charge >= 0.3 is 0 Å². The second-order valence-electron chi connectivity index (χ2n) is 4.56. The summed E-state index contributed by atoms with van der Waals surface area (Å²) in [5.74, 6) is 0.296. The molecule has 3 N–H and O–H groups in total. The van der Waals surface area contributed by atoms with Gasteiger partial charge in [-0.15, -0.1) is 11.3 Å². The summed E-state index contributed by atoms with van der Waals surface area (Å²) >= 11 is 1.81. The topological polar surface area (TPSA) is 53.1 Å². The summed E-state index contributed by atoms with van der Waals surface area (Å²) in [6, 6.07) is 5.38. The van der Waals surface area contributed by atoms with Crippen molar-refractivity contribution in [3.05, 3.63) is 22.4 Å². The number of nitrogens with one attached hydrogen (secondary N) is 1. The maximum Gasteiger partial charge on any atom is 0.0920 e. The fourth-order valence-corrected chi connectivity index (χ4v) is 2.78. The third-order valence-corrected chi connectivity index (χ3v) is 3.88. The fraction of sp³-hybridized carbons (Fsp3) is 0.583. The summed E-state index contributed by atoms with van der Waals surface area (Å²) < 4.78 is 0. The van der Waals surface area contributed by atoms with Crippen molar-refractivity contribution >= 4 is 17.2 Å². The first-order valence-corrected chi connectivity index (χ1v) is 6.66. The lowest BCUT2D eigenvalue weighted by Gasteiger charge is -2.28. The maximum absolute atomic E-state index is 7.38. The van der Waals surface area contributed by atoms with Crippen molar-refractivity contribution in [2.24, 2.45) is 5.73 Å². The molecule has 0 radical (unpaired) electrons. The van der Waals surface area contributed by atoms with Crippen LogP contribution in [0.3, 0.4) is 0 Å². The monoisotopic (exact) mass is 237 g/mol. The second-order valence-corrected chi connectivity index (χ2v) is 5.59. The Labute approximate surface area is 101 Å². The van der Waals surface area contributed by atoms with Gasteiger partial charge < -0.3 is 5.73 Å². The molecule has 1 aromatic heterocycles. The van der Waals surface area contributed by atoms with Crippen LogP contribution < -0.4 is 5.73 Å². The standard InChI is InChI=1S/C12H19N3S/c1-9(7-12(13)14)15(10-4-5-10)8-11-3-2-6-16-11/h2-3,6,9-10H,4-5,7-8H2,1H3,(H3,13,14). The van der Waals surface area contributed by atoms with Gasteiger partial charge in [-0.3, -0.25) is 10.3 Å². The number of hydrogen-bond acceptors (Lipinski definition) is 3. The molecule has 4 heteroatoms. The summed E-state index contributed by atoms with van der Waals surface area (Å²) in [7, 11) is 0. The Balaban J connectivity index is 1.96. The third kappa shape index (κ3) is 3.06. The van der Waals surface area contributed by atoms with E-state index in [1.54, 1.807) is 11.3 Å². The molecule has 3 nitrogen and oxygen atoms in total. The average molecular weight is 237 g/mol. The molecule has 2 rings (SSSR count). The van der Waals surface area contributed by atoms with E-state index in [1.165, 1.54) is 17.7 Å². The lowest BCUT2D eigenvalue weighted by atomic mass is 10.2. The van der Waals surface area contributed by atoms with Crippen LogP contribution in [0.1, 0.15) is 31.1 Å². The van der Waals surface area contributed by atoms with Crippen LogP contribution >= 0.6 is 11.3 Å². The largest absolute Gasteiger partial charge is 0.388 e. The molecule has 1 aliphatic carbocycles. The van der Waals surface area contributed by atoms with E-state index in [0.29, 0.717) is 18.3 Å². The van der Waals surface area contributed by atoms with Crippen LogP contribution in [0.5, 0.6) is 0 Å². The molecular formula is C12H19N3S. The van der Waals surface area contributed by atoms with Crippen molar-refractivity contribution in [2.75, 3.05) is 0 Å². The molecule has 0 spiro atoms. The van der Waals surface area contributed by atoms with Gasteiger partial charge in [0.25, 0.3) is 0 Å². The molecular weight excluding hydrogens is 218 g/mol. The van der Waals surface area contributed by atoms with Crippen molar-refractivity contribution < 1.29 is 0 Å². The highest BCUT2D eigenvalue weighted by Gasteiger charge is 2.32. The minimum absolute atomic E-state index is 0.296. The molecule has 16 heavy (non-hydrogen) atoms. The van der Waals surface area contributed by atoms with Gasteiger partial charge in [0.15, 0.2) is 0 Å². The second kappa shape index (κ2) is 4.97. The molecule has 1 aromatic rings. The molecule has 1 heterocycles. The van der Waals surface area contributed by atoms with E-state index in [9.17, 15) is 0 Å². The van der Waals surface area contributed by atoms with E-state index < -0.39 is 0 Å². The highest BCUT2D eigenvalue weighted by atomic mass is 32.1. The van der Waals surface area contributed by atoms with Crippen molar-refractivity contribution in [3.63, 3.8) is 0 Å². The van der Waals surface area contributed by atoms with Gasteiger partial charge in [0.05, 0.1) is 5.84 Å². The first kappa shape index (κ1) is 11.6. The quantitative estimate of drug-likeness (QED) is 0.590. The Morgan fingerprint density at radius 3 is 2.94 bits per heavy atom. The van der Waals surface area contributed by atoms with E-state index in [2.05, 4.69) is 29.3 Å². The predicted molar refractivity (Wildman–Crippen MR) is 68.9 cm³/mol. The van der Waals surface area contributed by atoms with Crippen LogP contribution in [0.25, 0.3) is 0 Å². The Hall–Kier alpha value is -0.870. The lowest BCUT2D eigenvalue weighted by Crippen LogP contribution is -2.37. The van der Waals surface area contributed by atoms with E-state index in [4.69, 9.17) is 11.1 Å². The highest BCUT2D eigenvalue weighted by Crippen LogP contribution is 2.31. The molecule has 0 aromatic carbocycles. The SMILES string of the molecule is CC(CC(=N)N)N(Cc1cccs1)C1CC1. The van der Waals surface area contributed by atoms with Gasteiger partial charge in [-0.25, -0.2) is 0 Å². The molecule has 0 bridgehead atoms. The van der Waals surface area contributed by atoms with Gasteiger partial charge in [0, 0.05) is 29.9 Å². The molecule has 0 amide bonds. The molecule has 1 fully saturated rings. The minimum Gasteiger partial charge on any atom is -0.388 e. The molecule has 0 aliphatic heterocycles.